The Bertz CT molecular complexity index is 1120. The molecule has 3 aromatic rings. The Morgan fingerprint density at radius 1 is 1.07 bits per heavy atom. The van der Waals surface area contributed by atoms with Gasteiger partial charge in [-0.05, 0) is 61.0 Å². The van der Waals surface area contributed by atoms with Crippen molar-refractivity contribution in [2.75, 3.05) is 6.54 Å². The predicted molar refractivity (Wildman–Crippen MR) is 108 cm³/mol. The van der Waals surface area contributed by atoms with Crippen LogP contribution in [0.4, 0.5) is 0 Å². The van der Waals surface area contributed by atoms with E-state index in [1.54, 1.807) is 19.1 Å². The molecule has 0 aliphatic heterocycles. The van der Waals surface area contributed by atoms with Gasteiger partial charge in [0.15, 0.2) is 0 Å². The molecular formula is C19H21N3O3S2. The number of nitrogens with one attached hydrogen (secondary N) is 1. The lowest BCUT2D eigenvalue weighted by Gasteiger charge is -2.12. The number of hydrogen-bond acceptors (Lipinski definition) is 5. The SMILES string of the molecule is Cc1cc(C)c(S(=O)(=O)NCCn2nc(-c3cccs3)ccc2=O)cc1C. The summed E-state index contributed by atoms with van der Waals surface area (Å²) in [6.45, 7) is 5.84. The van der Waals surface area contributed by atoms with Crippen molar-refractivity contribution in [3.8, 4) is 10.6 Å². The van der Waals surface area contributed by atoms with Gasteiger partial charge in [0, 0.05) is 12.6 Å². The number of aryl methyl sites for hydroxylation is 3. The summed E-state index contributed by atoms with van der Waals surface area (Å²) >= 11 is 1.53. The van der Waals surface area contributed by atoms with Gasteiger partial charge in [0.2, 0.25) is 10.0 Å². The second-order valence-corrected chi connectivity index (χ2v) is 9.04. The predicted octanol–water partition coefficient (Wildman–Crippen LogP) is 2.88. The first kappa shape index (κ1) is 19.5. The molecule has 8 heteroatoms. The van der Waals surface area contributed by atoms with Crippen LogP contribution in [0.1, 0.15) is 16.7 Å². The summed E-state index contributed by atoms with van der Waals surface area (Å²) in [5.41, 5.74) is 3.09. The van der Waals surface area contributed by atoms with E-state index in [9.17, 15) is 13.2 Å². The summed E-state index contributed by atoms with van der Waals surface area (Å²) in [5, 5.41) is 6.27. The van der Waals surface area contributed by atoms with Gasteiger partial charge in [-0.3, -0.25) is 4.79 Å². The van der Waals surface area contributed by atoms with Gasteiger partial charge in [-0.15, -0.1) is 11.3 Å². The Morgan fingerprint density at radius 2 is 1.81 bits per heavy atom. The molecule has 6 nitrogen and oxygen atoms in total. The summed E-state index contributed by atoms with van der Waals surface area (Å²) in [7, 11) is -3.66. The molecule has 0 amide bonds. The molecule has 2 heterocycles. The Morgan fingerprint density at radius 3 is 2.52 bits per heavy atom. The molecule has 1 N–H and O–H groups in total. The van der Waals surface area contributed by atoms with Crippen LogP contribution in [0.25, 0.3) is 10.6 Å². The Hall–Kier alpha value is -2.29. The maximum absolute atomic E-state index is 12.6. The topological polar surface area (TPSA) is 81.1 Å². The average molecular weight is 404 g/mol. The Labute approximate surface area is 162 Å². The van der Waals surface area contributed by atoms with E-state index in [1.165, 1.54) is 22.1 Å². The average Bonchev–Trinajstić information content (AvgIpc) is 3.14. The van der Waals surface area contributed by atoms with Crippen LogP contribution >= 0.6 is 11.3 Å². The van der Waals surface area contributed by atoms with Crippen LogP contribution in [-0.2, 0) is 16.6 Å². The van der Waals surface area contributed by atoms with Crippen LogP contribution < -0.4 is 10.3 Å². The van der Waals surface area contributed by atoms with Crippen molar-refractivity contribution in [3.05, 3.63) is 68.8 Å². The highest BCUT2D eigenvalue weighted by Gasteiger charge is 2.17. The third-order valence-electron chi connectivity index (χ3n) is 4.34. The molecule has 3 rings (SSSR count). The highest BCUT2D eigenvalue weighted by Crippen LogP contribution is 2.21. The second-order valence-electron chi connectivity index (χ2n) is 6.36. The van der Waals surface area contributed by atoms with Crippen molar-refractivity contribution in [1.29, 1.82) is 0 Å². The van der Waals surface area contributed by atoms with Gasteiger partial charge in [-0.2, -0.15) is 5.10 Å². The van der Waals surface area contributed by atoms with Crippen molar-refractivity contribution in [3.63, 3.8) is 0 Å². The minimum atomic E-state index is -3.66. The van der Waals surface area contributed by atoms with E-state index in [0.29, 0.717) is 11.3 Å². The van der Waals surface area contributed by atoms with Gasteiger partial charge >= 0.3 is 0 Å². The number of benzene rings is 1. The van der Waals surface area contributed by atoms with E-state index in [-0.39, 0.29) is 23.5 Å². The maximum Gasteiger partial charge on any atom is 0.266 e. The fourth-order valence-electron chi connectivity index (χ4n) is 2.75. The molecule has 0 fully saturated rings. The van der Waals surface area contributed by atoms with Crippen LogP contribution in [0.2, 0.25) is 0 Å². The molecule has 2 aromatic heterocycles. The van der Waals surface area contributed by atoms with E-state index in [4.69, 9.17) is 0 Å². The van der Waals surface area contributed by atoms with Crippen molar-refractivity contribution in [2.24, 2.45) is 0 Å². The van der Waals surface area contributed by atoms with Crippen LogP contribution in [0, 0.1) is 20.8 Å². The maximum atomic E-state index is 12.6. The lowest BCUT2D eigenvalue weighted by molar-refractivity contribution is 0.548. The molecule has 27 heavy (non-hydrogen) atoms. The highest BCUT2D eigenvalue weighted by molar-refractivity contribution is 7.89. The van der Waals surface area contributed by atoms with Crippen molar-refractivity contribution < 1.29 is 8.42 Å². The molecular weight excluding hydrogens is 382 g/mol. The van der Waals surface area contributed by atoms with Crippen molar-refractivity contribution >= 4 is 21.4 Å². The molecule has 0 radical (unpaired) electrons. The van der Waals surface area contributed by atoms with Gasteiger partial charge in [0.1, 0.15) is 5.69 Å². The van der Waals surface area contributed by atoms with Gasteiger partial charge in [-0.25, -0.2) is 17.8 Å². The van der Waals surface area contributed by atoms with Crippen molar-refractivity contribution in [2.45, 2.75) is 32.2 Å². The number of hydrogen-bond donors (Lipinski definition) is 1. The third kappa shape index (κ3) is 4.35. The first-order valence-corrected chi connectivity index (χ1v) is 10.8. The summed E-state index contributed by atoms with van der Waals surface area (Å²) in [6.07, 6.45) is 0. The number of aromatic nitrogens is 2. The standard InChI is InChI=1S/C19H21N3O3S2/c1-13-11-15(3)18(12-14(13)2)27(24,25)20-8-9-22-19(23)7-6-16(21-22)17-5-4-10-26-17/h4-7,10-12,20H,8-9H2,1-3H3. The molecule has 0 spiro atoms. The molecule has 0 bridgehead atoms. The minimum absolute atomic E-state index is 0.0789. The van der Waals surface area contributed by atoms with Crippen LogP contribution in [0.5, 0.6) is 0 Å². The molecule has 0 unspecified atom stereocenters. The zero-order valence-electron chi connectivity index (χ0n) is 15.4. The summed E-state index contributed by atoms with van der Waals surface area (Å²) < 4.78 is 29.1. The van der Waals surface area contributed by atoms with E-state index in [1.807, 2.05) is 37.4 Å². The number of thiophene rings is 1. The normalized spacial score (nSPS) is 11.7. The fourth-order valence-corrected chi connectivity index (χ4v) is 4.77. The molecule has 0 saturated heterocycles. The molecule has 142 valence electrons. The quantitative estimate of drug-likeness (QED) is 0.686. The molecule has 0 aliphatic rings. The second kappa shape index (κ2) is 7.75. The minimum Gasteiger partial charge on any atom is -0.268 e. The third-order valence-corrected chi connectivity index (χ3v) is 6.83. The molecule has 0 aliphatic carbocycles. The van der Waals surface area contributed by atoms with Gasteiger partial charge < -0.3 is 0 Å². The van der Waals surface area contributed by atoms with Gasteiger partial charge in [0.25, 0.3) is 5.56 Å². The smallest absolute Gasteiger partial charge is 0.266 e. The summed E-state index contributed by atoms with van der Waals surface area (Å²) in [6, 6.07) is 10.5. The van der Waals surface area contributed by atoms with Gasteiger partial charge in [0.05, 0.1) is 16.3 Å². The number of sulfonamides is 1. The monoisotopic (exact) mass is 403 g/mol. The largest absolute Gasteiger partial charge is 0.268 e. The van der Waals surface area contributed by atoms with E-state index in [0.717, 1.165) is 16.0 Å². The van der Waals surface area contributed by atoms with Crippen LogP contribution in [0.3, 0.4) is 0 Å². The number of rotatable bonds is 6. The molecule has 1 aromatic carbocycles. The van der Waals surface area contributed by atoms with Gasteiger partial charge in [-0.1, -0.05) is 12.1 Å². The zero-order valence-corrected chi connectivity index (χ0v) is 17.0. The van der Waals surface area contributed by atoms with E-state index < -0.39 is 10.0 Å². The van der Waals surface area contributed by atoms with Crippen LogP contribution in [0.15, 0.2) is 51.5 Å². The Kier molecular flexibility index (Phi) is 5.59. The lowest BCUT2D eigenvalue weighted by atomic mass is 10.1. The molecule has 0 saturated carbocycles. The molecule has 0 atom stereocenters. The summed E-state index contributed by atoms with van der Waals surface area (Å²) in [4.78, 5) is 13.2. The van der Waals surface area contributed by atoms with Crippen molar-refractivity contribution in [1.82, 2.24) is 14.5 Å². The highest BCUT2D eigenvalue weighted by atomic mass is 32.2. The lowest BCUT2D eigenvalue weighted by Crippen LogP contribution is -2.32. The van der Waals surface area contributed by atoms with E-state index in [2.05, 4.69) is 9.82 Å². The van der Waals surface area contributed by atoms with Crippen LogP contribution in [-0.4, -0.2) is 24.7 Å². The summed E-state index contributed by atoms with van der Waals surface area (Å²) in [5.74, 6) is 0. The zero-order chi connectivity index (χ0) is 19.6. The Balaban J connectivity index is 1.75. The fraction of sp³-hybridized carbons (Fsp3) is 0.263. The van der Waals surface area contributed by atoms with E-state index >= 15 is 0 Å². The first-order chi connectivity index (χ1) is 12.8. The first-order valence-electron chi connectivity index (χ1n) is 8.47. The number of nitrogens with zero attached hydrogens (tertiary/aromatic N) is 2.